The third-order valence-corrected chi connectivity index (χ3v) is 4.42. The molecule has 1 aromatic carbocycles. The molecule has 1 aliphatic carbocycles. The molecule has 0 spiro atoms. The van der Waals surface area contributed by atoms with Gasteiger partial charge in [-0.25, -0.2) is 0 Å². The summed E-state index contributed by atoms with van der Waals surface area (Å²) in [6.45, 7) is 4.53. The van der Waals surface area contributed by atoms with E-state index >= 15 is 0 Å². The second-order valence-corrected chi connectivity index (χ2v) is 6.12. The molecule has 2 N–H and O–H groups in total. The summed E-state index contributed by atoms with van der Waals surface area (Å²) in [4.78, 5) is 0. The largest absolute Gasteiger partial charge is 0.508 e. The molecule has 0 radical (unpaired) electrons. The van der Waals surface area contributed by atoms with E-state index in [-0.39, 0.29) is 0 Å². The van der Waals surface area contributed by atoms with E-state index in [2.05, 4.69) is 25.2 Å². The molecule has 2 nitrogen and oxygen atoms in total. The van der Waals surface area contributed by atoms with Crippen LogP contribution in [0.4, 0.5) is 0 Å². The minimum atomic E-state index is 0.401. The third kappa shape index (κ3) is 3.99. The summed E-state index contributed by atoms with van der Waals surface area (Å²) in [7, 11) is 0. The Morgan fingerprint density at radius 1 is 1.25 bits per heavy atom. The van der Waals surface area contributed by atoms with Crippen LogP contribution in [0.5, 0.6) is 5.75 Å². The van der Waals surface area contributed by atoms with Crippen LogP contribution >= 0.6 is 0 Å². The number of aryl methyl sites for hydroxylation is 1. The normalized spacial score (nSPS) is 19.6. The van der Waals surface area contributed by atoms with Crippen molar-refractivity contribution < 1.29 is 5.11 Å². The van der Waals surface area contributed by atoms with E-state index in [0.29, 0.717) is 17.8 Å². The van der Waals surface area contributed by atoms with Crippen LogP contribution in [0.2, 0.25) is 0 Å². The lowest BCUT2D eigenvalue weighted by atomic mass is 9.86. The van der Waals surface area contributed by atoms with Crippen LogP contribution in [0.3, 0.4) is 0 Å². The van der Waals surface area contributed by atoms with Gasteiger partial charge in [0, 0.05) is 12.1 Å². The average molecular weight is 275 g/mol. The second kappa shape index (κ2) is 7.68. The minimum Gasteiger partial charge on any atom is -0.508 e. The molecule has 1 aromatic rings. The molecule has 0 bridgehead atoms. The molecular formula is C18H29NO. The van der Waals surface area contributed by atoms with Gasteiger partial charge in [-0.15, -0.1) is 0 Å². The zero-order chi connectivity index (χ0) is 14.4. The molecule has 2 heteroatoms. The highest BCUT2D eigenvalue weighted by Crippen LogP contribution is 2.33. The standard InChI is InChI=1S/C18H29NO/c1-3-5-9-15(7-4-2)19-18-10-6-8-14-11-12-16(20)13-17(14)18/h11-13,15,18-20H,3-10H2,1-2H3. The van der Waals surface area contributed by atoms with Crippen LogP contribution in [-0.4, -0.2) is 11.1 Å². The van der Waals surface area contributed by atoms with E-state index in [9.17, 15) is 5.11 Å². The summed E-state index contributed by atoms with van der Waals surface area (Å²) in [6, 6.07) is 6.94. The van der Waals surface area contributed by atoms with Crippen molar-refractivity contribution in [2.45, 2.75) is 77.3 Å². The lowest BCUT2D eigenvalue weighted by molar-refractivity contribution is 0.355. The van der Waals surface area contributed by atoms with E-state index in [4.69, 9.17) is 0 Å². The van der Waals surface area contributed by atoms with Crippen molar-refractivity contribution in [2.75, 3.05) is 0 Å². The fourth-order valence-corrected chi connectivity index (χ4v) is 3.35. The number of hydrogen-bond acceptors (Lipinski definition) is 2. The zero-order valence-electron chi connectivity index (χ0n) is 13.0. The fourth-order valence-electron chi connectivity index (χ4n) is 3.35. The number of fused-ring (bicyclic) bond motifs is 1. The van der Waals surface area contributed by atoms with Crippen LogP contribution in [0.15, 0.2) is 18.2 Å². The highest BCUT2D eigenvalue weighted by Gasteiger charge is 2.22. The van der Waals surface area contributed by atoms with Gasteiger partial charge in [-0.3, -0.25) is 0 Å². The van der Waals surface area contributed by atoms with Gasteiger partial charge in [0.1, 0.15) is 5.75 Å². The number of aromatic hydroxyl groups is 1. The second-order valence-electron chi connectivity index (χ2n) is 6.12. The van der Waals surface area contributed by atoms with Crippen LogP contribution in [-0.2, 0) is 6.42 Å². The molecule has 0 saturated carbocycles. The van der Waals surface area contributed by atoms with Crippen LogP contribution in [0.25, 0.3) is 0 Å². The molecule has 0 fully saturated rings. The lowest BCUT2D eigenvalue weighted by Crippen LogP contribution is -2.34. The molecule has 0 saturated heterocycles. The van der Waals surface area contributed by atoms with Crippen molar-refractivity contribution in [3.05, 3.63) is 29.3 Å². The molecule has 1 aliphatic rings. The Morgan fingerprint density at radius 2 is 2.10 bits per heavy atom. The molecule has 2 atom stereocenters. The van der Waals surface area contributed by atoms with Gasteiger partial charge in [0.05, 0.1) is 0 Å². The maximum Gasteiger partial charge on any atom is 0.115 e. The SMILES string of the molecule is CCCCC(CCC)NC1CCCc2ccc(O)cc21. The number of nitrogens with one attached hydrogen (secondary N) is 1. The molecule has 0 heterocycles. The van der Waals surface area contributed by atoms with Crippen molar-refractivity contribution in [1.29, 1.82) is 0 Å². The van der Waals surface area contributed by atoms with Crippen LogP contribution < -0.4 is 5.32 Å². The molecule has 0 aromatic heterocycles. The highest BCUT2D eigenvalue weighted by molar-refractivity contribution is 5.38. The van der Waals surface area contributed by atoms with E-state index in [1.54, 1.807) is 0 Å². The van der Waals surface area contributed by atoms with Crippen molar-refractivity contribution in [2.24, 2.45) is 0 Å². The van der Waals surface area contributed by atoms with Crippen molar-refractivity contribution in [3.63, 3.8) is 0 Å². The number of phenols is 1. The molecule has 2 unspecified atom stereocenters. The van der Waals surface area contributed by atoms with Gasteiger partial charge in [-0.2, -0.15) is 0 Å². The van der Waals surface area contributed by atoms with Crippen molar-refractivity contribution in [1.82, 2.24) is 5.32 Å². The van der Waals surface area contributed by atoms with E-state index in [1.165, 1.54) is 56.1 Å². The quantitative estimate of drug-likeness (QED) is 0.754. The predicted octanol–water partition coefficient (Wildman–Crippen LogP) is 4.72. The summed E-state index contributed by atoms with van der Waals surface area (Å²) in [5, 5.41) is 13.6. The lowest BCUT2D eigenvalue weighted by Gasteiger charge is -2.31. The first-order chi connectivity index (χ1) is 9.74. The van der Waals surface area contributed by atoms with E-state index < -0.39 is 0 Å². The first-order valence-corrected chi connectivity index (χ1v) is 8.32. The Hall–Kier alpha value is -1.02. The third-order valence-electron chi connectivity index (χ3n) is 4.42. The molecule has 2 rings (SSSR count). The topological polar surface area (TPSA) is 32.3 Å². The summed E-state index contributed by atoms with van der Waals surface area (Å²) in [6.07, 6.45) is 9.94. The van der Waals surface area contributed by atoms with Gasteiger partial charge < -0.3 is 10.4 Å². The zero-order valence-corrected chi connectivity index (χ0v) is 13.0. The Kier molecular flexibility index (Phi) is 5.90. The van der Waals surface area contributed by atoms with Crippen molar-refractivity contribution in [3.8, 4) is 5.75 Å². The number of unbranched alkanes of at least 4 members (excludes halogenated alkanes) is 1. The molecule has 20 heavy (non-hydrogen) atoms. The van der Waals surface area contributed by atoms with Gasteiger partial charge >= 0.3 is 0 Å². The first-order valence-electron chi connectivity index (χ1n) is 8.32. The smallest absolute Gasteiger partial charge is 0.115 e. The van der Waals surface area contributed by atoms with E-state index in [1.807, 2.05) is 12.1 Å². The number of benzene rings is 1. The summed E-state index contributed by atoms with van der Waals surface area (Å²) < 4.78 is 0. The summed E-state index contributed by atoms with van der Waals surface area (Å²) in [5.41, 5.74) is 2.74. The number of hydrogen-bond donors (Lipinski definition) is 2. The summed E-state index contributed by atoms with van der Waals surface area (Å²) >= 11 is 0. The first kappa shape index (κ1) is 15.4. The Balaban J connectivity index is 2.07. The molecular weight excluding hydrogens is 246 g/mol. The Labute approximate surface area is 123 Å². The maximum absolute atomic E-state index is 9.76. The summed E-state index contributed by atoms with van der Waals surface area (Å²) in [5.74, 6) is 0.401. The van der Waals surface area contributed by atoms with Gasteiger partial charge in [-0.1, -0.05) is 39.2 Å². The van der Waals surface area contributed by atoms with Crippen molar-refractivity contribution >= 4 is 0 Å². The van der Waals surface area contributed by atoms with Crippen LogP contribution in [0, 0.1) is 0 Å². The molecule has 112 valence electrons. The minimum absolute atomic E-state index is 0.401. The number of phenolic OH excluding ortho intramolecular Hbond substituents is 1. The predicted molar refractivity (Wildman–Crippen MR) is 85.1 cm³/mol. The highest BCUT2D eigenvalue weighted by atomic mass is 16.3. The number of rotatable bonds is 7. The maximum atomic E-state index is 9.76. The van der Waals surface area contributed by atoms with Gasteiger partial charge in [-0.05, 0) is 55.4 Å². The van der Waals surface area contributed by atoms with E-state index in [0.717, 1.165) is 6.42 Å². The molecule has 0 amide bonds. The Morgan fingerprint density at radius 3 is 2.85 bits per heavy atom. The van der Waals surface area contributed by atoms with Gasteiger partial charge in [0.15, 0.2) is 0 Å². The average Bonchev–Trinajstić information content (AvgIpc) is 2.45. The Bertz CT molecular complexity index is 416. The molecule has 0 aliphatic heterocycles. The monoisotopic (exact) mass is 275 g/mol. The van der Waals surface area contributed by atoms with Gasteiger partial charge in [0.25, 0.3) is 0 Å². The van der Waals surface area contributed by atoms with Crippen LogP contribution in [0.1, 0.15) is 76.0 Å². The fraction of sp³-hybridized carbons (Fsp3) is 0.667. The van der Waals surface area contributed by atoms with Gasteiger partial charge in [0.2, 0.25) is 0 Å².